The van der Waals surface area contributed by atoms with Gasteiger partial charge in [-0.05, 0) is 6.92 Å². The summed E-state index contributed by atoms with van der Waals surface area (Å²) in [6, 6.07) is -0.405. The maximum absolute atomic E-state index is 11.0. The van der Waals surface area contributed by atoms with E-state index in [2.05, 4.69) is 0 Å². The maximum atomic E-state index is 11.0. The van der Waals surface area contributed by atoms with E-state index < -0.39 is 12.1 Å². The first-order valence-corrected chi connectivity index (χ1v) is 3.98. The Labute approximate surface area is 71.2 Å². The van der Waals surface area contributed by atoms with Gasteiger partial charge in [0.1, 0.15) is 0 Å². The molecular weight excluding hydrogens is 158 g/mol. The minimum atomic E-state index is -0.539. The molecule has 0 aliphatic carbocycles. The van der Waals surface area contributed by atoms with Crippen LogP contribution in [-0.4, -0.2) is 40.4 Å². The van der Waals surface area contributed by atoms with Crippen molar-refractivity contribution in [2.45, 2.75) is 32.4 Å². The van der Waals surface area contributed by atoms with Gasteiger partial charge in [0.25, 0.3) is 0 Å². The van der Waals surface area contributed by atoms with Crippen molar-refractivity contribution in [3.05, 3.63) is 0 Å². The Bertz CT molecular complexity index is 192. The predicted molar refractivity (Wildman–Crippen MR) is 42.5 cm³/mol. The number of likely N-dealkylation sites (tertiary alicyclic amines) is 1. The van der Waals surface area contributed by atoms with E-state index in [0.29, 0.717) is 13.0 Å². The monoisotopic (exact) mass is 171 g/mol. The average Bonchev–Trinajstić information content (AvgIpc) is 2.31. The van der Waals surface area contributed by atoms with E-state index in [1.807, 2.05) is 0 Å². The molecule has 0 aromatic heterocycles. The number of rotatable bonds is 1. The zero-order valence-corrected chi connectivity index (χ0v) is 7.28. The Balaban J connectivity index is 2.72. The minimum Gasteiger partial charge on any atom is -0.391 e. The van der Waals surface area contributed by atoms with Gasteiger partial charge < -0.3 is 10.0 Å². The summed E-state index contributed by atoms with van der Waals surface area (Å²) >= 11 is 0. The molecule has 1 aliphatic rings. The molecule has 0 aromatic rings. The number of carbonyl (C=O) groups is 2. The molecule has 0 spiro atoms. The topological polar surface area (TPSA) is 57.6 Å². The molecule has 4 nitrogen and oxygen atoms in total. The SMILES string of the molecule is CC(=O)C1CC(O)CN1C(C)=O. The van der Waals surface area contributed by atoms with Crippen LogP contribution < -0.4 is 0 Å². The van der Waals surface area contributed by atoms with Crippen molar-refractivity contribution in [1.82, 2.24) is 4.90 Å². The van der Waals surface area contributed by atoms with Gasteiger partial charge in [-0.3, -0.25) is 9.59 Å². The van der Waals surface area contributed by atoms with Gasteiger partial charge in [-0.25, -0.2) is 0 Å². The normalized spacial score (nSPS) is 29.1. The van der Waals surface area contributed by atoms with Crippen LogP contribution in [-0.2, 0) is 9.59 Å². The average molecular weight is 171 g/mol. The molecule has 1 saturated heterocycles. The molecule has 1 amide bonds. The second-order valence-corrected chi connectivity index (χ2v) is 3.19. The van der Waals surface area contributed by atoms with Gasteiger partial charge in [0, 0.05) is 19.9 Å². The first-order chi connectivity index (χ1) is 5.52. The van der Waals surface area contributed by atoms with Crippen LogP contribution in [0.25, 0.3) is 0 Å². The van der Waals surface area contributed by atoms with Crippen molar-refractivity contribution in [1.29, 1.82) is 0 Å². The standard InChI is InChI=1S/C8H13NO3/c1-5(10)8-3-7(12)4-9(8)6(2)11/h7-8,12H,3-4H2,1-2H3. The molecule has 1 rings (SSSR count). The zero-order chi connectivity index (χ0) is 9.30. The van der Waals surface area contributed by atoms with Crippen molar-refractivity contribution >= 4 is 11.7 Å². The van der Waals surface area contributed by atoms with Gasteiger partial charge in [-0.15, -0.1) is 0 Å². The van der Waals surface area contributed by atoms with Crippen LogP contribution in [0.5, 0.6) is 0 Å². The second-order valence-electron chi connectivity index (χ2n) is 3.19. The summed E-state index contributed by atoms with van der Waals surface area (Å²) in [5.41, 5.74) is 0. The Morgan fingerprint density at radius 2 is 2.00 bits per heavy atom. The van der Waals surface area contributed by atoms with Gasteiger partial charge >= 0.3 is 0 Å². The van der Waals surface area contributed by atoms with Crippen molar-refractivity contribution in [2.24, 2.45) is 0 Å². The highest BCUT2D eigenvalue weighted by atomic mass is 16.3. The van der Waals surface area contributed by atoms with Crippen LogP contribution in [0.3, 0.4) is 0 Å². The van der Waals surface area contributed by atoms with Crippen LogP contribution in [0.15, 0.2) is 0 Å². The van der Waals surface area contributed by atoms with E-state index in [1.165, 1.54) is 18.7 Å². The lowest BCUT2D eigenvalue weighted by Gasteiger charge is -2.19. The maximum Gasteiger partial charge on any atom is 0.220 e. The lowest BCUT2D eigenvalue weighted by Crippen LogP contribution is -2.38. The summed E-state index contributed by atoms with van der Waals surface area (Å²) < 4.78 is 0. The molecule has 0 aromatic carbocycles. The number of carbonyl (C=O) groups excluding carboxylic acids is 2. The third-order valence-electron chi connectivity index (χ3n) is 2.15. The fraction of sp³-hybridized carbons (Fsp3) is 0.750. The highest BCUT2D eigenvalue weighted by Gasteiger charge is 2.35. The first kappa shape index (κ1) is 9.19. The van der Waals surface area contributed by atoms with Gasteiger partial charge in [0.05, 0.1) is 12.1 Å². The number of amides is 1. The van der Waals surface area contributed by atoms with Crippen molar-refractivity contribution in [3.8, 4) is 0 Å². The van der Waals surface area contributed by atoms with Gasteiger partial charge in [-0.2, -0.15) is 0 Å². The molecule has 4 heteroatoms. The lowest BCUT2D eigenvalue weighted by molar-refractivity contribution is -0.135. The molecule has 68 valence electrons. The molecule has 0 radical (unpaired) electrons. The highest BCUT2D eigenvalue weighted by Crippen LogP contribution is 2.18. The molecule has 1 heterocycles. The van der Waals surface area contributed by atoms with Crippen LogP contribution in [0.4, 0.5) is 0 Å². The molecule has 1 aliphatic heterocycles. The van der Waals surface area contributed by atoms with E-state index >= 15 is 0 Å². The van der Waals surface area contributed by atoms with Gasteiger partial charge in [-0.1, -0.05) is 0 Å². The van der Waals surface area contributed by atoms with Gasteiger partial charge in [0.15, 0.2) is 5.78 Å². The molecular formula is C8H13NO3. The van der Waals surface area contributed by atoms with E-state index in [9.17, 15) is 14.7 Å². The smallest absolute Gasteiger partial charge is 0.220 e. The number of hydrogen-bond acceptors (Lipinski definition) is 3. The molecule has 1 N–H and O–H groups in total. The van der Waals surface area contributed by atoms with Crippen molar-refractivity contribution in [3.63, 3.8) is 0 Å². The Morgan fingerprint density at radius 3 is 2.33 bits per heavy atom. The third-order valence-corrected chi connectivity index (χ3v) is 2.15. The van der Waals surface area contributed by atoms with E-state index in [4.69, 9.17) is 0 Å². The number of aliphatic hydroxyl groups excluding tert-OH is 1. The third kappa shape index (κ3) is 1.64. The van der Waals surface area contributed by atoms with Crippen molar-refractivity contribution < 1.29 is 14.7 Å². The largest absolute Gasteiger partial charge is 0.391 e. The van der Waals surface area contributed by atoms with Crippen LogP contribution in [0.2, 0.25) is 0 Å². The fourth-order valence-electron chi connectivity index (χ4n) is 1.55. The summed E-state index contributed by atoms with van der Waals surface area (Å²) in [6.07, 6.45) is -0.155. The molecule has 2 atom stereocenters. The fourth-order valence-corrected chi connectivity index (χ4v) is 1.55. The molecule has 0 saturated carbocycles. The molecule has 1 fully saturated rings. The van der Waals surface area contributed by atoms with Crippen molar-refractivity contribution in [2.75, 3.05) is 6.54 Å². The number of nitrogens with zero attached hydrogens (tertiary/aromatic N) is 1. The number of aliphatic hydroxyl groups is 1. The number of ketones is 1. The van der Waals surface area contributed by atoms with E-state index in [1.54, 1.807) is 0 Å². The predicted octanol–water partition coefficient (Wildman–Crippen LogP) is -0.443. The Hall–Kier alpha value is -0.900. The van der Waals surface area contributed by atoms with Crippen LogP contribution in [0, 0.1) is 0 Å². The quantitative estimate of drug-likeness (QED) is 0.581. The van der Waals surface area contributed by atoms with Crippen LogP contribution in [0.1, 0.15) is 20.3 Å². The summed E-state index contributed by atoms with van der Waals surface area (Å²) in [5.74, 6) is -0.200. The van der Waals surface area contributed by atoms with Crippen LogP contribution >= 0.6 is 0 Å². The first-order valence-electron chi connectivity index (χ1n) is 3.98. The highest BCUT2D eigenvalue weighted by molar-refractivity contribution is 5.87. The number of hydrogen-bond donors (Lipinski definition) is 1. The summed E-state index contributed by atoms with van der Waals surface area (Å²) in [4.78, 5) is 23.4. The summed E-state index contributed by atoms with van der Waals surface area (Å²) in [6.45, 7) is 3.15. The van der Waals surface area contributed by atoms with E-state index in [0.717, 1.165) is 0 Å². The number of Topliss-reactive ketones (excluding diaryl/α,β-unsaturated/α-hetero) is 1. The zero-order valence-electron chi connectivity index (χ0n) is 7.28. The van der Waals surface area contributed by atoms with Gasteiger partial charge in [0.2, 0.25) is 5.91 Å². The summed E-state index contributed by atoms with van der Waals surface area (Å²) in [5, 5.41) is 9.22. The minimum absolute atomic E-state index is 0.0539. The second kappa shape index (κ2) is 3.23. The Morgan fingerprint density at radius 1 is 1.42 bits per heavy atom. The Kier molecular flexibility index (Phi) is 2.47. The van der Waals surface area contributed by atoms with E-state index in [-0.39, 0.29) is 11.7 Å². The molecule has 0 bridgehead atoms. The molecule has 2 unspecified atom stereocenters. The molecule has 12 heavy (non-hydrogen) atoms. The lowest BCUT2D eigenvalue weighted by atomic mass is 10.1. The summed E-state index contributed by atoms with van der Waals surface area (Å²) in [7, 11) is 0. The number of β-amino-alcohol motifs (C(OH)–C–C–N with tert-alkyl or cyclic N) is 1.